The van der Waals surface area contributed by atoms with Crippen molar-refractivity contribution in [3.05, 3.63) is 0 Å². The van der Waals surface area contributed by atoms with E-state index in [-0.39, 0.29) is 17.7 Å². The Hall–Kier alpha value is -1.10. The smallest absolute Gasteiger partial charge is 0.306 e. The van der Waals surface area contributed by atoms with E-state index in [0.717, 1.165) is 25.8 Å². The largest absolute Gasteiger partial charge is 0.481 e. The predicted octanol–water partition coefficient (Wildman–Crippen LogP) is 0.555. The minimum Gasteiger partial charge on any atom is -0.481 e. The van der Waals surface area contributed by atoms with Crippen LogP contribution in [0, 0.1) is 11.8 Å². The molecule has 1 rings (SSSR count). The van der Waals surface area contributed by atoms with Gasteiger partial charge in [-0.25, -0.2) is 0 Å². The second kappa shape index (κ2) is 6.59. The summed E-state index contributed by atoms with van der Waals surface area (Å²) in [6.45, 7) is 1.22. The minimum atomic E-state index is -0.727. The Kier molecular flexibility index (Phi) is 5.41. The molecule has 1 amide bonds. The first-order valence-corrected chi connectivity index (χ1v) is 6.15. The minimum absolute atomic E-state index is 0.00902. The maximum Gasteiger partial charge on any atom is 0.306 e. The van der Waals surface area contributed by atoms with Crippen LogP contribution in [0.3, 0.4) is 0 Å². The summed E-state index contributed by atoms with van der Waals surface area (Å²) >= 11 is 0. The molecule has 2 unspecified atom stereocenters. The normalized spacial score (nSPS) is 23.9. The lowest BCUT2D eigenvalue weighted by Crippen LogP contribution is -2.34. The van der Waals surface area contributed by atoms with E-state index in [9.17, 15) is 9.59 Å². The quantitative estimate of drug-likeness (QED) is 0.714. The molecule has 0 spiro atoms. The summed E-state index contributed by atoms with van der Waals surface area (Å²) in [6, 6.07) is 0. The van der Waals surface area contributed by atoms with Gasteiger partial charge in [0.2, 0.25) is 5.91 Å². The third-order valence-corrected chi connectivity index (χ3v) is 3.32. The van der Waals surface area contributed by atoms with Gasteiger partial charge in [0, 0.05) is 19.5 Å². The van der Waals surface area contributed by atoms with E-state index >= 15 is 0 Å². The van der Waals surface area contributed by atoms with E-state index in [0.29, 0.717) is 13.0 Å². The Labute approximate surface area is 102 Å². The van der Waals surface area contributed by atoms with E-state index in [1.54, 1.807) is 0 Å². The number of nitrogens with zero attached hydrogens (tertiary/aromatic N) is 1. The number of hydrogen-bond donors (Lipinski definition) is 2. The van der Waals surface area contributed by atoms with Crippen LogP contribution in [0.2, 0.25) is 0 Å². The Morgan fingerprint density at radius 1 is 1.35 bits per heavy atom. The fourth-order valence-corrected chi connectivity index (χ4v) is 2.26. The number of aliphatic carboxylic acids is 1. The van der Waals surface area contributed by atoms with E-state index in [4.69, 9.17) is 5.11 Å². The van der Waals surface area contributed by atoms with Crippen molar-refractivity contribution >= 4 is 11.9 Å². The van der Waals surface area contributed by atoms with E-state index < -0.39 is 5.97 Å². The molecular weight excluding hydrogens is 220 g/mol. The van der Waals surface area contributed by atoms with E-state index in [2.05, 4.69) is 5.32 Å². The molecule has 1 saturated carbocycles. The van der Waals surface area contributed by atoms with Gasteiger partial charge in [-0.2, -0.15) is 0 Å². The van der Waals surface area contributed by atoms with Gasteiger partial charge >= 0.3 is 5.97 Å². The molecule has 0 radical (unpaired) electrons. The van der Waals surface area contributed by atoms with Crippen LogP contribution in [0.15, 0.2) is 0 Å². The molecule has 2 atom stereocenters. The Morgan fingerprint density at radius 3 is 2.65 bits per heavy atom. The number of carboxylic acid groups (broad SMARTS) is 1. The first kappa shape index (κ1) is 14.0. The van der Waals surface area contributed by atoms with Gasteiger partial charge in [0.05, 0.1) is 5.92 Å². The van der Waals surface area contributed by atoms with Crippen LogP contribution in [0.4, 0.5) is 0 Å². The second-order valence-corrected chi connectivity index (χ2v) is 4.99. The second-order valence-electron chi connectivity index (χ2n) is 4.99. The van der Waals surface area contributed by atoms with Gasteiger partial charge in [0.15, 0.2) is 0 Å². The van der Waals surface area contributed by atoms with Gasteiger partial charge < -0.3 is 15.3 Å². The molecule has 5 heteroatoms. The SMILES string of the molecule is CN(C)CCC(=O)NCC1CCCC1C(=O)O. The van der Waals surface area contributed by atoms with Gasteiger partial charge in [-0.3, -0.25) is 9.59 Å². The van der Waals surface area contributed by atoms with Gasteiger partial charge in [-0.1, -0.05) is 6.42 Å². The highest BCUT2D eigenvalue weighted by Gasteiger charge is 2.32. The van der Waals surface area contributed by atoms with Crippen LogP contribution in [-0.2, 0) is 9.59 Å². The predicted molar refractivity (Wildman–Crippen MR) is 64.6 cm³/mol. The summed E-state index contributed by atoms with van der Waals surface area (Å²) in [5.74, 6) is -0.885. The molecule has 5 nitrogen and oxygen atoms in total. The fraction of sp³-hybridized carbons (Fsp3) is 0.833. The lowest BCUT2D eigenvalue weighted by molar-refractivity contribution is -0.143. The number of carbonyl (C=O) groups is 2. The molecule has 1 aliphatic rings. The third-order valence-electron chi connectivity index (χ3n) is 3.32. The van der Waals surface area contributed by atoms with Crippen LogP contribution in [0.1, 0.15) is 25.7 Å². The van der Waals surface area contributed by atoms with Crippen LogP contribution in [0.25, 0.3) is 0 Å². The van der Waals surface area contributed by atoms with Crippen molar-refractivity contribution < 1.29 is 14.7 Å². The maximum absolute atomic E-state index is 11.5. The van der Waals surface area contributed by atoms with Gasteiger partial charge in [-0.15, -0.1) is 0 Å². The molecule has 0 aromatic heterocycles. The zero-order valence-corrected chi connectivity index (χ0v) is 10.6. The summed E-state index contributed by atoms with van der Waals surface area (Å²) in [7, 11) is 3.84. The van der Waals surface area contributed by atoms with Crippen molar-refractivity contribution in [2.45, 2.75) is 25.7 Å². The topological polar surface area (TPSA) is 69.6 Å². The molecule has 0 saturated heterocycles. The summed E-state index contributed by atoms with van der Waals surface area (Å²) in [5.41, 5.74) is 0. The van der Waals surface area contributed by atoms with Crippen molar-refractivity contribution in [3.8, 4) is 0 Å². The molecule has 0 bridgehead atoms. The lowest BCUT2D eigenvalue weighted by Gasteiger charge is -2.16. The summed E-state index contributed by atoms with van der Waals surface area (Å²) in [6.07, 6.45) is 3.07. The highest BCUT2D eigenvalue weighted by Crippen LogP contribution is 2.31. The van der Waals surface area contributed by atoms with E-state index in [1.807, 2.05) is 19.0 Å². The Bertz CT molecular complexity index is 279. The third kappa shape index (κ3) is 4.73. The molecular formula is C12H22N2O3. The van der Waals surface area contributed by atoms with Crippen molar-refractivity contribution in [1.82, 2.24) is 10.2 Å². The summed E-state index contributed by atoms with van der Waals surface area (Å²) < 4.78 is 0. The molecule has 0 aromatic carbocycles. The number of carboxylic acids is 1. The van der Waals surface area contributed by atoms with Crippen molar-refractivity contribution in [2.24, 2.45) is 11.8 Å². The van der Waals surface area contributed by atoms with Gasteiger partial charge in [-0.05, 0) is 32.9 Å². The first-order chi connectivity index (χ1) is 8.00. The number of amides is 1. The maximum atomic E-state index is 11.5. The number of carbonyl (C=O) groups excluding carboxylic acids is 1. The van der Waals surface area contributed by atoms with Gasteiger partial charge in [0.25, 0.3) is 0 Å². The summed E-state index contributed by atoms with van der Waals surface area (Å²) in [5, 5.41) is 11.8. The highest BCUT2D eigenvalue weighted by atomic mass is 16.4. The number of nitrogens with one attached hydrogen (secondary N) is 1. The lowest BCUT2D eigenvalue weighted by atomic mass is 9.96. The molecule has 0 aliphatic heterocycles. The van der Waals surface area contributed by atoms with Crippen molar-refractivity contribution in [3.63, 3.8) is 0 Å². The molecule has 0 heterocycles. The van der Waals surface area contributed by atoms with Crippen LogP contribution < -0.4 is 5.32 Å². The zero-order chi connectivity index (χ0) is 12.8. The fourth-order valence-electron chi connectivity index (χ4n) is 2.26. The van der Waals surface area contributed by atoms with Gasteiger partial charge in [0.1, 0.15) is 0 Å². The first-order valence-electron chi connectivity index (χ1n) is 6.15. The molecule has 0 aromatic rings. The highest BCUT2D eigenvalue weighted by molar-refractivity contribution is 5.76. The Balaban J connectivity index is 2.25. The Morgan fingerprint density at radius 2 is 2.06 bits per heavy atom. The van der Waals surface area contributed by atoms with Crippen molar-refractivity contribution in [2.75, 3.05) is 27.2 Å². The molecule has 1 aliphatic carbocycles. The van der Waals surface area contributed by atoms with Crippen LogP contribution in [0.5, 0.6) is 0 Å². The zero-order valence-electron chi connectivity index (χ0n) is 10.6. The number of rotatable bonds is 6. The molecule has 17 heavy (non-hydrogen) atoms. The van der Waals surface area contributed by atoms with Crippen molar-refractivity contribution in [1.29, 1.82) is 0 Å². The monoisotopic (exact) mass is 242 g/mol. The average molecular weight is 242 g/mol. The van der Waals surface area contributed by atoms with Crippen LogP contribution >= 0.6 is 0 Å². The molecule has 2 N–H and O–H groups in total. The standard InChI is InChI=1S/C12H22N2O3/c1-14(2)7-6-11(15)13-8-9-4-3-5-10(9)12(16)17/h9-10H,3-8H2,1-2H3,(H,13,15)(H,16,17). The summed E-state index contributed by atoms with van der Waals surface area (Å²) in [4.78, 5) is 24.4. The van der Waals surface area contributed by atoms with Crippen LogP contribution in [-0.4, -0.2) is 49.1 Å². The van der Waals surface area contributed by atoms with E-state index in [1.165, 1.54) is 0 Å². The molecule has 98 valence electrons. The average Bonchev–Trinajstić information content (AvgIpc) is 2.71. The molecule has 1 fully saturated rings. The number of hydrogen-bond acceptors (Lipinski definition) is 3.